The van der Waals surface area contributed by atoms with Gasteiger partial charge in [0.1, 0.15) is 0 Å². The van der Waals surface area contributed by atoms with Gasteiger partial charge < -0.3 is 11.1 Å². The summed E-state index contributed by atoms with van der Waals surface area (Å²) in [6.07, 6.45) is 4.74. The Bertz CT molecular complexity index is 295. The van der Waals surface area contributed by atoms with Gasteiger partial charge in [-0.15, -0.1) is 0 Å². The van der Waals surface area contributed by atoms with Crippen molar-refractivity contribution in [1.29, 1.82) is 0 Å². The van der Waals surface area contributed by atoms with Crippen LogP contribution in [0, 0.1) is 0 Å². The Balaban J connectivity index is 2.09. The van der Waals surface area contributed by atoms with E-state index in [4.69, 9.17) is 5.73 Å². The third kappa shape index (κ3) is 2.78. The molecule has 1 unspecified atom stereocenters. The number of rotatable bonds is 4. The summed E-state index contributed by atoms with van der Waals surface area (Å²) in [5.74, 6) is 0. The Hall–Kier alpha value is -0.970. The zero-order valence-corrected chi connectivity index (χ0v) is 9.60. The quantitative estimate of drug-likeness (QED) is 0.770. The monoisotopic (exact) mass is 220 g/mol. The fraction of sp³-hybridized carbons (Fsp3) is 0.583. The van der Waals surface area contributed by atoms with Crippen LogP contribution in [-0.2, 0) is 0 Å². The third-order valence-corrected chi connectivity index (χ3v) is 3.12. The normalized spacial score (nSPS) is 19.6. The van der Waals surface area contributed by atoms with Gasteiger partial charge in [-0.2, -0.15) is 0 Å². The molecule has 4 nitrogen and oxygen atoms in total. The molecule has 1 aromatic heterocycles. The van der Waals surface area contributed by atoms with Crippen LogP contribution in [0.1, 0.15) is 18.0 Å². The molecule has 0 spiro atoms. The minimum Gasteiger partial charge on any atom is -0.330 e. The molecular weight excluding hydrogens is 200 g/mol. The summed E-state index contributed by atoms with van der Waals surface area (Å²) >= 11 is 0. The Morgan fingerprint density at radius 1 is 1.31 bits per heavy atom. The van der Waals surface area contributed by atoms with E-state index in [1.165, 1.54) is 5.56 Å². The smallest absolute Gasteiger partial charge is 0.0362 e. The lowest BCUT2D eigenvalue weighted by Crippen LogP contribution is -2.45. The number of nitrogens with zero attached hydrogens (tertiary/aromatic N) is 2. The van der Waals surface area contributed by atoms with Gasteiger partial charge in [-0.1, -0.05) is 0 Å². The first-order valence-corrected chi connectivity index (χ1v) is 5.96. The summed E-state index contributed by atoms with van der Waals surface area (Å²) in [5.41, 5.74) is 7.05. The lowest BCUT2D eigenvalue weighted by molar-refractivity contribution is 0.167. The largest absolute Gasteiger partial charge is 0.330 e. The molecule has 2 rings (SSSR count). The van der Waals surface area contributed by atoms with Gasteiger partial charge in [0.15, 0.2) is 0 Å². The maximum atomic E-state index is 5.72. The molecule has 1 saturated heterocycles. The molecule has 3 N–H and O–H groups in total. The van der Waals surface area contributed by atoms with Gasteiger partial charge in [-0.05, 0) is 30.7 Å². The number of nitrogens with two attached hydrogens (primary N) is 1. The first-order valence-electron chi connectivity index (χ1n) is 5.96. The summed E-state index contributed by atoms with van der Waals surface area (Å²) in [6.45, 7) is 5.09. The molecule has 1 aromatic rings. The van der Waals surface area contributed by atoms with Crippen molar-refractivity contribution in [2.75, 3.05) is 32.7 Å². The molecule has 88 valence electrons. The van der Waals surface area contributed by atoms with Crippen LogP contribution in [0.3, 0.4) is 0 Å². The Kier molecular flexibility index (Phi) is 4.27. The highest BCUT2D eigenvalue weighted by Gasteiger charge is 2.20. The van der Waals surface area contributed by atoms with Crippen LogP contribution in [0.25, 0.3) is 0 Å². The van der Waals surface area contributed by atoms with Crippen LogP contribution in [0.2, 0.25) is 0 Å². The van der Waals surface area contributed by atoms with E-state index in [0.29, 0.717) is 6.04 Å². The van der Waals surface area contributed by atoms with Crippen LogP contribution in [0.5, 0.6) is 0 Å². The molecule has 0 bridgehead atoms. The predicted octanol–water partition coefficient (Wildman–Crippen LogP) is 0.377. The Morgan fingerprint density at radius 3 is 2.62 bits per heavy atom. The standard InChI is InChI=1S/C12H20N4/c13-4-1-12(11-2-5-14-6-3-11)16-9-7-15-8-10-16/h2-3,5-6,12,15H,1,4,7-10,13H2. The van der Waals surface area contributed by atoms with Crippen LogP contribution in [0.15, 0.2) is 24.5 Å². The Morgan fingerprint density at radius 2 is 2.00 bits per heavy atom. The first kappa shape index (κ1) is 11.5. The fourth-order valence-corrected chi connectivity index (χ4v) is 2.30. The van der Waals surface area contributed by atoms with Crippen LogP contribution < -0.4 is 11.1 Å². The van der Waals surface area contributed by atoms with E-state index in [1.807, 2.05) is 12.4 Å². The van der Waals surface area contributed by atoms with Gasteiger partial charge >= 0.3 is 0 Å². The van der Waals surface area contributed by atoms with E-state index in [1.54, 1.807) is 0 Å². The lowest BCUT2D eigenvalue weighted by Gasteiger charge is -2.35. The highest BCUT2D eigenvalue weighted by atomic mass is 15.2. The molecule has 16 heavy (non-hydrogen) atoms. The van der Waals surface area contributed by atoms with E-state index in [9.17, 15) is 0 Å². The summed E-state index contributed by atoms with van der Waals surface area (Å²) in [6, 6.07) is 4.65. The van der Waals surface area contributed by atoms with E-state index < -0.39 is 0 Å². The maximum absolute atomic E-state index is 5.72. The average Bonchev–Trinajstić information content (AvgIpc) is 2.38. The summed E-state index contributed by atoms with van der Waals surface area (Å²) < 4.78 is 0. The van der Waals surface area contributed by atoms with Crippen molar-refractivity contribution < 1.29 is 0 Å². The van der Waals surface area contributed by atoms with Gasteiger partial charge in [-0.25, -0.2) is 0 Å². The topological polar surface area (TPSA) is 54.2 Å². The van der Waals surface area contributed by atoms with E-state index >= 15 is 0 Å². The zero-order valence-electron chi connectivity index (χ0n) is 9.60. The van der Waals surface area contributed by atoms with E-state index in [2.05, 4.69) is 27.3 Å². The van der Waals surface area contributed by atoms with Gasteiger partial charge in [0.25, 0.3) is 0 Å². The SMILES string of the molecule is NCCC(c1ccncc1)N1CCNCC1. The minimum atomic E-state index is 0.454. The zero-order chi connectivity index (χ0) is 11.2. The van der Waals surface area contributed by atoms with Crippen molar-refractivity contribution in [3.05, 3.63) is 30.1 Å². The molecule has 1 fully saturated rings. The van der Waals surface area contributed by atoms with Crippen LogP contribution >= 0.6 is 0 Å². The number of aromatic nitrogens is 1. The van der Waals surface area contributed by atoms with Crippen molar-refractivity contribution in [3.63, 3.8) is 0 Å². The summed E-state index contributed by atoms with van der Waals surface area (Å²) in [5, 5.41) is 3.38. The highest BCUT2D eigenvalue weighted by molar-refractivity contribution is 5.15. The van der Waals surface area contributed by atoms with E-state index in [0.717, 1.165) is 39.1 Å². The summed E-state index contributed by atoms with van der Waals surface area (Å²) in [7, 11) is 0. The van der Waals surface area contributed by atoms with Gasteiger partial charge in [0, 0.05) is 44.6 Å². The summed E-state index contributed by atoms with van der Waals surface area (Å²) in [4.78, 5) is 6.58. The maximum Gasteiger partial charge on any atom is 0.0362 e. The molecule has 4 heteroatoms. The molecule has 1 aliphatic rings. The molecule has 0 saturated carbocycles. The van der Waals surface area contributed by atoms with Crippen LogP contribution in [-0.4, -0.2) is 42.6 Å². The number of hydrogen-bond acceptors (Lipinski definition) is 4. The third-order valence-electron chi connectivity index (χ3n) is 3.12. The lowest BCUT2D eigenvalue weighted by atomic mass is 10.0. The number of pyridine rings is 1. The van der Waals surface area contributed by atoms with Gasteiger partial charge in [-0.3, -0.25) is 9.88 Å². The van der Waals surface area contributed by atoms with Gasteiger partial charge in [0.05, 0.1) is 0 Å². The Labute approximate surface area is 96.8 Å². The van der Waals surface area contributed by atoms with Crippen molar-refractivity contribution in [1.82, 2.24) is 15.2 Å². The van der Waals surface area contributed by atoms with Crippen molar-refractivity contribution in [2.45, 2.75) is 12.5 Å². The second-order valence-corrected chi connectivity index (χ2v) is 4.16. The molecule has 1 aliphatic heterocycles. The van der Waals surface area contributed by atoms with Crippen molar-refractivity contribution in [3.8, 4) is 0 Å². The van der Waals surface area contributed by atoms with Gasteiger partial charge in [0.2, 0.25) is 0 Å². The van der Waals surface area contributed by atoms with Crippen molar-refractivity contribution in [2.24, 2.45) is 5.73 Å². The predicted molar refractivity (Wildman–Crippen MR) is 65.1 cm³/mol. The molecular formula is C12H20N4. The number of nitrogens with one attached hydrogen (secondary N) is 1. The molecule has 2 heterocycles. The molecule has 1 atom stereocenters. The van der Waals surface area contributed by atoms with Crippen LogP contribution in [0.4, 0.5) is 0 Å². The highest BCUT2D eigenvalue weighted by Crippen LogP contribution is 2.23. The first-order chi connectivity index (χ1) is 7.92. The molecule has 0 aliphatic carbocycles. The second-order valence-electron chi connectivity index (χ2n) is 4.16. The minimum absolute atomic E-state index is 0.454. The number of hydrogen-bond donors (Lipinski definition) is 2. The molecule has 0 radical (unpaired) electrons. The fourth-order valence-electron chi connectivity index (χ4n) is 2.30. The van der Waals surface area contributed by atoms with Crippen molar-refractivity contribution >= 4 is 0 Å². The molecule has 0 aromatic carbocycles. The van der Waals surface area contributed by atoms with E-state index in [-0.39, 0.29) is 0 Å². The average molecular weight is 220 g/mol. The molecule has 0 amide bonds. The number of piperazine rings is 1. The second kappa shape index (κ2) is 5.94.